The number of aromatic nitrogens is 2. The van der Waals surface area contributed by atoms with Crippen LogP contribution in [0.3, 0.4) is 0 Å². The Morgan fingerprint density at radius 1 is 1.50 bits per heavy atom. The van der Waals surface area contributed by atoms with Crippen molar-refractivity contribution >= 4 is 18.5 Å². The van der Waals surface area contributed by atoms with E-state index < -0.39 is 5.97 Å². The average Bonchev–Trinajstić information content (AvgIpc) is 3.09. The third-order valence-electron chi connectivity index (χ3n) is 3.68. The number of aliphatic imine (C=N–C) groups is 1. The summed E-state index contributed by atoms with van der Waals surface area (Å²) in [6.45, 7) is 7.26. The number of ether oxygens (including phenoxy) is 1. The quantitative estimate of drug-likeness (QED) is 0.469. The molecule has 0 aliphatic carbocycles. The number of hydrogen-bond acceptors (Lipinski definition) is 5. The van der Waals surface area contributed by atoms with E-state index in [9.17, 15) is 4.79 Å². The highest BCUT2D eigenvalue weighted by atomic mass is 16.5. The van der Waals surface area contributed by atoms with Gasteiger partial charge in [0.25, 0.3) is 0 Å². The molecule has 132 valence electrons. The fourth-order valence-corrected chi connectivity index (χ4v) is 2.23. The van der Waals surface area contributed by atoms with Crippen LogP contribution in [0, 0.1) is 18.3 Å². The Morgan fingerprint density at radius 2 is 2.27 bits per heavy atom. The number of carboxylic acid groups (broad SMARTS) is 1. The first-order chi connectivity index (χ1) is 12.5. The SMILES string of the molecule is C=N/C(=C\C(=C/C)C(=O)O)n1nccc1OCc1ccc(C#N)cc1C. The number of rotatable bonds is 7. The van der Waals surface area contributed by atoms with Crippen molar-refractivity contribution in [1.29, 1.82) is 5.26 Å². The molecule has 1 aromatic heterocycles. The van der Waals surface area contributed by atoms with E-state index in [2.05, 4.69) is 22.9 Å². The lowest BCUT2D eigenvalue weighted by molar-refractivity contribution is -0.132. The summed E-state index contributed by atoms with van der Waals surface area (Å²) < 4.78 is 7.17. The number of carboxylic acids is 1. The summed E-state index contributed by atoms with van der Waals surface area (Å²) in [5.41, 5.74) is 2.52. The van der Waals surface area contributed by atoms with Crippen molar-refractivity contribution < 1.29 is 14.6 Å². The predicted octanol–water partition coefficient (Wildman–Crippen LogP) is 3.17. The molecule has 0 bridgehead atoms. The first-order valence-corrected chi connectivity index (χ1v) is 7.75. The van der Waals surface area contributed by atoms with Crippen LogP contribution in [0.25, 0.3) is 5.82 Å². The van der Waals surface area contributed by atoms with E-state index >= 15 is 0 Å². The van der Waals surface area contributed by atoms with Crippen molar-refractivity contribution in [2.45, 2.75) is 20.5 Å². The number of allylic oxidation sites excluding steroid dienone is 1. The molecule has 0 spiro atoms. The zero-order valence-electron chi connectivity index (χ0n) is 14.5. The lowest BCUT2D eigenvalue weighted by Crippen LogP contribution is -2.06. The highest BCUT2D eigenvalue weighted by molar-refractivity contribution is 5.91. The fraction of sp³-hybridized carbons (Fsp3) is 0.158. The summed E-state index contributed by atoms with van der Waals surface area (Å²) in [6, 6.07) is 9.09. The Labute approximate surface area is 151 Å². The Balaban J connectivity index is 2.25. The second-order valence-electron chi connectivity index (χ2n) is 5.33. The number of carbonyl (C=O) groups is 1. The zero-order valence-corrected chi connectivity index (χ0v) is 14.5. The first-order valence-electron chi connectivity index (χ1n) is 7.75. The van der Waals surface area contributed by atoms with Crippen LogP contribution in [0.1, 0.15) is 23.6 Å². The van der Waals surface area contributed by atoms with Crippen molar-refractivity contribution in [3.05, 3.63) is 64.9 Å². The third-order valence-corrected chi connectivity index (χ3v) is 3.68. The monoisotopic (exact) mass is 350 g/mol. The molecule has 7 heteroatoms. The molecule has 0 fully saturated rings. The van der Waals surface area contributed by atoms with Gasteiger partial charge in [-0.05, 0) is 49.9 Å². The second kappa shape index (κ2) is 8.44. The molecule has 0 radical (unpaired) electrons. The van der Waals surface area contributed by atoms with Gasteiger partial charge < -0.3 is 9.84 Å². The number of nitriles is 1. The number of benzene rings is 1. The number of aryl methyl sites for hydroxylation is 1. The Kier molecular flexibility index (Phi) is 6.06. The van der Waals surface area contributed by atoms with Crippen LogP contribution >= 0.6 is 0 Å². The molecular formula is C19H18N4O3. The molecule has 0 unspecified atom stereocenters. The van der Waals surface area contributed by atoms with Gasteiger partial charge in [0.05, 0.1) is 23.4 Å². The van der Waals surface area contributed by atoms with Crippen LogP contribution in [0.15, 0.2) is 53.2 Å². The molecular weight excluding hydrogens is 332 g/mol. The molecule has 0 aliphatic heterocycles. The predicted molar refractivity (Wildman–Crippen MR) is 97.7 cm³/mol. The van der Waals surface area contributed by atoms with Gasteiger partial charge in [0.2, 0.25) is 5.88 Å². The van der Waals surface area contributed by atoms with Crippen LogP contribution in [0.2, 0.25) is 0 Å². The van der Waals surface area contributed by atoms with Gasteiger partial charge in [-0.15, -0.1) is 0 Å². The van der Waals surface area contributed by atoms with Crippen LogP contribution in [0.4, 0.5) is 0 Å². The van der Waals surface area contributed by atoms with Gasteiger partial charge in [-0.2, -0.15) is 15.0 Å². The van der Waals surface area contributed by atoms with E-state index in [0.717, 1.165) is 11.1 Å². The Morgan fingerprint density at radius 3 is 2.85 bits per heavy atom. The van der Waals surface area contributed by atoms with E-state index in [1.165, 1.54) is 23.0 Å². The van der Waals surface area contributed by atoms with Crippen LogP contribution in [0.5, 0.6) is 5.88 Å². The molecule has 2 rings (SSSR count). The van der Waals surface area contributed by atoms with Crippen molar-refractivity contribution in [3.8, 4) is 11.9 Å². The minimum absolute atomic E-state index is 0.0665. The zero-order chi connectivity index (χ0) is 19.1. The van der Waals surface area contributed by atoms with Crippen LogP contribution < -0.4 is 4.74 Å². The van der Waals surface area contributed by atoms with Crippen molar-refractivity contribution in [1.82, 2.24) is 9.78 Å². The molecule has 2 aromatic rings. The van der Waals surface area contributed by atoms with Crippen molar-refractivity contribution in [2.75, 3.05) is 0 Å². The fourth-order valence-electron chi connectivity index (χ4n) is 2.23. The van der Waals surface area contributed by atoms with Gasteiger partial charge >= 0.3 is 5.97 Å². The highest BCUT2D eigenvalue weighted by Gasteiger charge is 2.11. The first kappa shape index (κ1) is 18.7. The van der Waals surface area contributed by atoms with Crippen molar-refractivity contribution in [2.24, 2.45) is 4.99 Å². The molecule has 7 nitrogen and oxygen atoms in total. The Bertz CT molecular complexity index is 933. The summed E-state index contributed by atoms with van der Waals surface area (Å²) in [6.07, 6.45) is 4.34. The standard InChI is InChI=1S/C19H18N4O3/c1-4-15(19(24)25)10-17(21-3)23-18(7-8-22-23)26-12-16-6-5-14(11-20)9-13(16)2/h4-10H,3,12H2,1-2H3,(H,24,25)/b15-4+,17-10+. The lowest BCUT2D eigenvalue weighted by atomic mass is 10.1. The maximum absolute atomic E-state index is 11.2. The van der Waals surface area contributed by atoms with E-state index in [1.807, 2.05) is 13.0 Å². The van der Waals surface area contributed by atoms with Crippen molar-refractivity contribution in [3.63, 3.8) is 0 Å². The normalized spacial score (nSPS) is 11.7. The molecule has 0 aliphatic rings. The molecule has 0 saturated heterocycles. The largest absolute Gasteiger partial charge is 0.478 e. The van der Waals surface area contributed by atoms with Gasteiger partial charge in [0.1, 0.15) is 6.61 Å². The smallest absolute Gasteiger partial charge is 0.335 e. The summed E-state index contributed by atoms with van der Waals surface area (Å²) in [5.74, 6) is -0.443. The number of aliphatic carboxylic acids is 1. The van der Waals surface area contributed by atoms with Gasteiger partial charge in [-0.3, -0.25) is 0 Å². The second-order valence-corrected chi connectivity index (χ2v) is 5.33. The summed E-state index contributed by atoms with van der Waals surface area (Å²) in [7, 11) is 0. The molecule has 26 heavy (non-hydrogen) atoms. The minimum atomic E-state index is -1.07. The maximum atomic E-state index is 11.2. The minimum Gasteiger partial charge on any atom is -0.478 e. The van der Waals surface area contributed by atoms with Gasteiger partial charge in [-0.25, -0.2) is 9.79 Å². The van der Waals surface area contributed by atoms with Gasteiger partial charge in [-0.1, -0.05) is 12.1 Å². The van der Waals surface area contributed by atoms with E-state index in [0.29, 0.717) is 11.4 Å². The summed E-state index contributed by atoms with van der Waals surface area (Å²) in [5, 5.41) is 22.2. The van der Waals surface area contributed by atoms with Gasteiger partial charge in [0, 0.05) is 6.07 Å². The molecule has 1 heterocycles. The topological polar surface area (TPSA) is 100 Å². The highest BCUT2D eigenvalue weighted by Crippen LogP contribution is 2.20. The molecule has 0 atom stereocenters. The number of nitrogens with zero attached hydrogens (tertiary/aromatic N) is 4. The average molecular weight is 350 g/mol. The van der Waals surface area contributed by atoms with Gasteiger partial charge in [0.15, 0.2) is 5.82 Å². The maximum Gasteiger partial charge on any atom is 0.335 e. The lowest BCUT2D eigenvalue weighted by Gasteiger charge is -2.11. The molecule has 0 amide bonds. The van der Waals surface area contributed by atoms with E-state index in [-0.39, 0.29) is 18.0 Å². The molecule has 1 aromatic carbocycles. The number of hydrogen-bond donors (Lipinski definition) is 1. The van der Waals surface area contributed by atoms with E-state index in [4.69, 9.17) is 15.1 Å². The third kappa shape index (κ3) is 4.24. The molecule has 0 saturated carbocycles. The van der Waals surface area contributed by atoms with Crippen LogP contribution in [-0.2, 0) is 11.4 Å². The molecule has 1 N–H and O–H groups in total. The summed E-state index contributed by atoms with van der Waals surface area (Å²) >= 11 is 0. The summed E-state index contributed by atoms with van der Waals surface area (Å²) in [4.78, 5) is 15.0. The van der Waals surface area contributed by atoms with Crippen LogP contribution in [-0.4, -0.2) is 27.6 Å². The Hall–Kier alpha value is -3.66. The van der Waals surface area contributed by atoms with E-state index in [1.54, 1.807) is 25.1 Å².